The smallest absolute Gasteiger partial charge is 0.374 e. The summed E-state index contributed by atoms with van der Waals surface area (Å²) in [6, 6.07) is 20.2. The van der Waals surface area contributed by atoms with Gasteiger partial charge in [0.25, 0.3) is 0 Å². The molecule has 4 rings (SSSR count). The third-order valence-electron chi connectivity index (χ3n) is 4.34. The van der Waals surface area contributed by atoms with Crippen molar-refractivity contribution in [1.29, 1.82) is 0 Å². The lowest BCUT2D eigenvalue weighted by Gasteiger charge is -2.08. The fraction of sp³-hybridized carbons (Fsp3) is 0.0952. The second-order valence-corrected chi connectivity index (χ2v) is 5.88. The highest BCUT2D eigenvalue weighted by Gasteiger charge is 2.20. The number of carboxylic acids is 1. The lowest BCUT2D eigenvalue weighted by molar-refractivity contribution is 0.0666. The average Bonchev–Trinajstić information content (AvgIpc) is 3.00. The first-order chi connectivity index (χ1) is 12.2. The normalized spacial score (nSPS) is 11.1. The molecule has 4 nitrogen and oxygen atoms in total. The van der Waals surface area contributed by atoms with E-state index in [9.17, 15) is 9.90 Å². The van der Waals surface area contributed by atoms with E-state index in [1.165, 1.54) is 5.39 Å². The molecule has 0 amide bonds. The monoisotopic (exact) mass is 331 g/mol. The molecule has 0 saturated heterocycles. The minimum absolute atomic E-state index is 0.0491. The average molecular weight is 331 g/mol. The predicted molar refractivity (Wildman–Crippen MR) is 100 cm³/mol. The molecule has 0 fully saturated rings. The van der Waals surface area contributed by atoms with Crippen molar-refractivity contribution in [3.63, 3.8) is 0 Å². The van der Waals surface area contributed by atoms with Gasteiger partial charge in [0.05, 0.1) is 5.69 Å². The minimum Gasteiger partial charge on any atom is -0.475 e. The van der Waals surface area contributed by atoms with Crippen LogP contribution in [0.15, 0.2) is 65.1 Å². The van der Waals surface area contributed by atoms with E-state index in [4.69, 9.17) is 4.42 Å². The van der Waals surface area contributed by atoms with Gasteiger partial charge in [-0.25, -0.2) is 4.79 Å². The molecule has 4 aromatic rings. The summed E-state index contributed by atoms with van der Waals surface area (Å²) in [5.74, 6) is -1.12. The number of aromatic carboxylic acids is 1. The second-order valence-electron chi connectivity index (χ2n) is 5.88. The lowest BCUT2D eigenvalue weighted by Crippen LogP contribution is -2.02. The number of rotatable bonds is 4. The standard InChI is InChI=1S/C21H17NO3/c1-2-22-19-17-12-14(10-11-18(17)25-20(19)21(23)24)16-9-5-7-13-6-3-4-8-15(13)16/h3-12,22H,2H2,1H3,(H,23,24). The SMILES string of the molecule is CCNc1c(C(=O)O)oc2ccc(-c3cccc4ccccc34)cc12. The van der Waals surface area contributed by atoms with Gasteiger partial charge in [0, 0.05) is 11.9 Å². The zero-order valence-corrected chi connectivity index (χ0v) is 13.7. The number of fused-ring (bicyclic) bond motifs is 2. The Hall–Kier alpha value is -3.27. The van der Waals surface area contributed by atoms with Gasteiger partial charge in [-0.3, -0.25) is 0 Å². The van der Waals surface area contributed by atoms with Crippen LogP contribution in [0.5, 0.6) is 0 Å². The molecule has 2 N–H and O–H groups in total. The molecule has 0 aliphatic rings. The molecule has 124 valence electrons. The maximum absolute atomic E-state index is 11.5. The Morgan fingerprint density at radius 3 is 2.64 bits per heavy atom. The van der Waals surface area contributed by atoms with E-state index in [2.05, 4.69) is 29.6 Å². The highest BCUT2D eigenvalue weighted by Crippen LogP contribution is 2.36. The van der Waals surface area contributed by atoms with E-state index in [1.807, 2.05) is 43.3 Å². The largest absolute Gasteiger partial charge is 0.475 e. The molecular weight excluding hydrogens is 314 g/mol. The van der Waals surface area contributed by atoms with Crippen LogP contribution < -0.4 is 5.32 Å². The first-order valence-electron chi connectivity index (χ1n) is 8.21. The summed E-state index contributed by atoms with van der Waals surface area (Å²) in [6.07, 6.45) is 0. The Labute approximate surface area is 144 Å². The van der Waals surface area contributed by atoms with Gasteiger partial charge in [-0.15, -0.1) is 0 Å². The maximum atomic E-state index is 11.5. The van der Waals surface area contributed by atoms with Crippen molar-refractivity contribution in [2.75, 3.05) is 11.9 Å². The number of nitrogens with one attached hydrogen (secondary N) is 1. The molecule has 0 saturated carbocycles. The van der Waals surface area contributed by atoms with Crippen LogP contribution in [0.3, 0.4) is 0 Å². The molecule has 1 heterocycles. The fourth-order valence-electron chi connectivity index (χ4n) is 3.25. The molecule has 4 heteroatoms. The molecular formula is C21H17NO3. The van der Waals surface area contributed by atoms with E-state index in [1.54, 1.807) is 0 Å². The van der Waals surface area contributed by atoms with Crippen molar-refractivity contribution < 1.29 is 14.3 Å². The topological polar surface area (TPSA) is 62.5 Å². The maximum Gasteiger partial charge on any atom is 0.374 e. The number of carbonyl (C=O) groups is 1. The van der Waals surface area contributed by atoms with Crippen molar-refractivity contribution in [3.05, 3.63) is 66.4 Å². The first-order valence-corrected chi connectivity index (χ1v) is 8.21. The number of furan rings is 1. The van der Waals surface area contributed by atoms with E-state index in [0.717, 1.165) is 21.9 Å². The summed E-state index contributed by atoms with van der Waals surface area (Å²) in [5.41, 5.74) is 3.24. The number of hydrogen-bond acceptors (Lipinski definition) is 3. The molecule has 0 aliphatic heterocycles. The Kier molecular flexibility index (Phi) is 3.65. The van der Waals surface area contributed by atoms with Gasteiger partial charge in [0.2, 0.25) is 5.76 Å². The summed E-state index contributed by atoms with van der Waals surface area (Å²) >= 11 is 0. The number of carboxylic acid groups (broad SMARTS) is 1. The highest BCUT2D eigenvalue weighted by molar-refractivity contribution is 6.06. The van der Waals surface area contributed by atoms with Crippen LogP contribution in [0.4, 0.5) is 5.69 Å². The number of anilines is 1. The van der Waals surface area contributed by atoms with Gasteiger partial charge < -0.3 is 14.8 Å². The molecule has 0 bridgehead atoms. The van der Waals surface area contributed by atoms with Crippen molar-refractivity contribution >= 4 is 33.4 Å². The lowest BCUT2D eigenvalue weighted by atomic mass is 9.97. The van der Waals surface area contributed by atoms with E-state index in [0.29, 0.717) is 17.8 Å². The fourth-order valence-corrected chi connectivity index (χ4v) is 3.25. The van der Waals surface area contributed by atoms with Crippen LogP contribution >= 0.6 is 0 Å². The third kappa shape index (κ3) is 2.52. The zero-order valence-electron chi connectivity index (χ0n) is 13.7. The number of hydrogen-bond donors (Lipinski definition) is 2. The van der Waals surface area contributed by atoms with Gasteiger partial charge >= 0.3 is 5.97 Å². The first kappa shape index (κ1) is 15.3. The third-order valence-corrected chi connectivity index (χ3v) is 4.34. The molecule has 0 spiro atoms. The molecule has 25 heavy (non-hydrogen) atoms. The van der Waals surface area contributed by atoms with Crippen molar-refractivity contribution in [3.8, 4) is 11.1 Å². The van der Waals surface area contributed by atoms with Crippen molar-refractivity contribution in [1.82, 2.24) is 0 Å². The Morgan fingerprint density at radius 1 is 1.04 bits per heavy atom. The Bertz CT molecular complexity index is 1090. The van der Waals surface area contributed by atoms with Crippen LogP contribution in [0.25, 0.3) is 32.9 Å². The minimum atomic E-state index is -1.07. The molecule has 1 aromatic heterocycles. The van der Waals surface area contributed by atoms with Gasteiger partial charge in [-0.05, 0) is 41.0 Å². The molecule has 0 unspecified atom stereocenters. The summed E-state index contributed by atoms with van der Waals surface area (Å²) in [5, 5.41) is 15.6. The predicted octanol–water partition coefficient (Wildman–Crippen LogP) is 5.38. The highest BCUT2D eigenvalue weighted by atomic mass is 16.4. The van der Waals surface area contributed by atoms with Gasteiger partial charge in [0.1, 0.15) is 5.58 Å². The van der Waals surface area contributed by atoms with E-state index in [-0.39, 0.29) is 5.76 Å². The Morgan fingerprint density at radius 2 is 1.84 bits per heavy atom. The molecule has 0 radical (unpaired) electrons. The summed E-state index contributed by atoms with van der Waals surface area (Å²) in [6.45, 7) is 2.55. The van der Waals surface area contributed by atoms with Gasteiger partial charge in [-0.2, -0.15) is 0 Å². The van der Waals surface area contributed by atoms with Crippen LogP contribution in [0.2, 0.25) is 0 Å². The second kappa shape index (κ2) is 5.98. The van der Waals surface area contributed by atoms with Crippen LogP contribution in [-0.2, 0) is 0 Å². The summed E-state index contributed by atoms with van der Waals surface area (Å²) < 4.78 is 5.53. The van der Waals surface area contributed by atoms with Crippen molar-refractivity contribution in [2.24, 2.45) is 0 Å². The van der Waals surface area contributed by atoms with E-state index >= 15 is 0 Å². The quantitative estimate of drug-likeness (QED) is 0.527. The molecule has 0 aliphatic carbocycles. The van der Waals surface area contributed by atoms with Gasteiger partial charge in [0.15, 0.2) is 0 Å². The molecule has 0 atom stereocenters. The van der Waals surface area contributed by atoms with Gasteiger partial charge in [-0.1, -0.05) is 48.5 Å². The summed E-state index contributed by atoms with van der Waals surface area (Å²) in [7, 11) is 0. The Balaban J connectivity index is 1.97. The van der Waals surface area contributed by atoms with Crippen molar-refractivity contribution in [2.45, 2.75) is 6.92 Å². The van der Waals surface area contributed by atoms with Crippen LogP contribution in [0, 0.1) is 0 Å². The zero-order chi connectivity index (χ0) is 17.4. The number of benzene rings is 3. The molecule has 3 aromatic carbocycles. The van der Waals surface area contributed by atoms with Crippen LogP contribution in [-0.4, -0.2) is 17.6 Å². The van der Waals surface area contributed by atoms with E-state index < -0.39 is 5.97 Å². The van der Waals surface area contributed by atoms with Crippen LogP contribution in [0.1, 0.15) is 17.5 Å². The summed E-state index contributed by atoms with van der Waals surface area (Å²) in [4.78, 5) is 11.5.